The van der Waals surface area contributed by atoms with Gasteiger partial charge in [-0.3, -0.25) is 19.7 Å². The highest BCUT2D eigenvalue weighted by atomic mass is 16.3. The summed E-state index contributed by atoms with van der Waals surface area (Å²) in [4.78, 5) is 11.4. The third-order valence-corrected chi connectivity index (χ3v) is 5.88. The molecule has 1 aromatic heterocycles. The molecule has 7 nitrogen and oxygen atoms in total. The van der Waals surface area contributed by atoms with Crippen molar-refractivity contribution in [3.05, 3.63) is 23.0 Å². The molecule has 146 valence electrons. The van der Waals surface area contributed by atoms with Crippen molar-refractivity contribution in [3.8, 4) is 5.75 Å². The number of hydrogen-bond acceptors (Lipinski definition) is 7. The van der Waals surface area contributed by atoms with Crippen molar-refractivity contribution < 1.29 is 15.3 Å². The first-order chi connectivity index (χ1) is 12.6. The smallest absolute Gasteiger partial charge is 0.141 e. The van der Waals surface area contributed by atoms with E-state index in [0.29, 0.717) is 18.3 Å². The molecule has 0 saturated carbocycles. The lowest BCUT2D eigenvalue weighted by Gasteiger charge is -2.42. The van der Waals surface area contributed by atoms with Crippen LogP contribution in [-0.4, -0.2) is 93.5 Å². The molecule has 2 aliphatic rings. The van der Waals surface area contributed by atoms with E-state index in [1.807, 2.05) is 0 Å². The third-order valence-electron chi connectivity index (χ3n) is 5.88. The lowest BCUT2D eigenvalue weighted by Crippen LogP contribution is -2.53. The molecule has 3 heterocycles. The zero-order valence-electron chi connectivity index (χ0n) is 15.8. The lowest BCUT2D eigenvalue weighted by molar-refractivity contribution is 0.0514. The summed E-state index contributed by atoms with van der Waals surface area (Å²) in [5.74, 6) is 0.221. The minimum Gasteiger partial charge on any atom is -0.506 e. The van der Waals surface area contributed by atoms with Crippen LogP contribution in [0.4, 0.5) is 0 Å². The monoisotopic (exact) mass is 364 g/mol. The maximum absolute atomic E-state index is 10.3. The van der Waals surface area contributed by atoms with E-state index in [1.165, 1.54) is 0 Å². The van der Waals surface area contributed by atoms with E-state index in [-0.39, 0.29) is 19.0 Å². The van der Waals surface area contributed by atoms with Gasteiger partial charge in [0.25, 0.3) is 0 Å². The molecule has 3 N–H and O–H groups in total. The molecular formula is C19H32N4O3. The van der Waals surface area contributed by atoms with Gasteiger partial charge in [-0.15, -0.1) is 0 Å². The number of rotatable bonds is 6. The SMILES string of the molecule is Cc1ncc(CO)c(CN2CCC(N3CCN(CCO)CC3)CC2)c1O. The van der Waals surface area contributed by atoms with Gasteiger partial charge in [-0.2, -0.15) is 0 Å². The van der Waals surface area contributed by atoms with Crippen molar-refractivity contribution in [3.63, 3.8) is 0 Å². The zero-order valence-corrected chi connectivity index (χ0v) is 15.8. The molecule has 3 rings (SSSR count). The van der Waals surface area contributed by atoms with Gasteiger partial charge in [-0.1, -0.05) is 0 Å². The normalized spacial score (nSPS) is 21.3. The van der Waals surface area contributed by atoms with Gasteiger partial charge in [0.15, 0.2) is 0 Å². The molecule has 26 heavy (non-hydrogen) atoms. The number of aromatic nitrogens is 1. The van der Waals surface area contributed by atoms with E-state index < -0.39 is 0 Å². The Bertz CT molecular complexity index is 582. The van der Waals surface area contributed by atoms with Gasteiger partial charge in [-0.05, 0) is 32.9 Å². The summed E-state index contributed by atoms with van der Waals surface area (Å²) in [5.41, 5.74) is 2.15. The molecule has 1 aromatic rings. The first-order valence-corrected chi connectivity index (χ1v) is 9.69. The summed E-state index contributed by atoms with van der Waals surface area (Å²) < 4.78 is 0. The predicted octanol–water partition coefficient (Wildman–Crippen LogP) is 0.162. The number of piperidine rings is 1. The van der Waals surface area contributed by atoms with E-state index in [4.69, 9.17) is 5.11 Å². The van der Waals surface area contributed by atoms with Crippen LogP contribution in [0.15, 0.2) is 6.20 Å². The molecule has 0 bridgehead atoms. The first-order valence-electron chi connectivity index (χ1n) is 9.69. The fraction of sp³-hybridized carbons (Fsp3) is 0.737. The van der Waals surface area contributed by atoms with Gasteiger partial charge in [0.05, 0.1) is 18.9 Å². The van der Waals surface area contributed by atoms with Crippen LogP contribution in [0.5, 0.6) is 5.75 Å². The largest absolute Gasteiger partial charge is 0.506 e. The van der Waals surface area contributed by atoms with Gasteiger partial charge < -0.3 is 15.3 Å². The summed E-state index contributed by atoms with van der Waals surface area (Å²) in [6, 6.07) is 0.632. The summed E-state index contributed by atoms with van der Waals surface area (Å²) >= 11 is 0. The molecule has 2 saturated heterocycles. The second-order valence-corrected chi connectivity index (χ2v) is 7.46. The van der Waals surface area contributed by atoms with Crippen LogP contribution in [-0.2, 0) is 13.2 Å². The zero-order chi connectivity index (χ0) is 18.5. The summed E-state index contributed by atoms with van der Waals surface area (Å²) in [6.45, 7) is 9.68. The maximum Gasteiger partial charge on any atom is 0.141 e. The number of aromatic hydroxyl groups is 1. The first kappa shape index (κ1) is 19.5. The number of nitrogens with zero attached hydrogens (tertiary/aromatic N) is 4. The number of β-amino-alcohol motifs (C(OH)–C–C–N with tert-alkyl or cyclic N) is 1. The Labute approximate surface area is 155 Å². The van der Waals surface area contributed by atoms with E-state index in [0.717, 1.165) is 69.8 Å². The molecule has 0 atom stereocenters. The van der Waals surface area contributed by atoms with Gasteiger partial charge >= 0.3 is 0 Å². The fourth-order valence-electron chi connectivity index (χ4n) is 4.16. The minimum atomic E-state index is -0.0925. The molecule has 2 fully saturated rings. The van der Waals surface area contributed by atoms with Crippen LogP contribution in [0.25, 0.3) is 0 Å². The molecule has 0 amide bonds. The molecule has 2 aliphatic heterocycles. The van der Waals surface area contributed by atoms with Crippen molar-refractivity contribution >= 4 is 0 Å². The highest BCUT2D eigenvalue weighted by Gasteiger charge is 2.28. The standard InChI is InChI=1S/C19H32N4O3/c1-15-19(26)18(16(14-25)12-20-15)13-22-4-2-17(3-5-22)23-8-6-21(7-9-23)10-11-24/h12,17,24-26H,2-11,13-14H2,1H3. The van der Waals surface area contributed by atoms with E-state index >= 15 is 0 Å². The van der Waals surface area contributed by atoms with E-state index in [9.17, 15) is 10.2 Å². The summed E-state index contributed by atoms with van der Waals surface area (Å²) in [6.07, 6.45) is 3.95. The Morgan fingerprint density at radius 1 is 1.04 bits per heavy atom. The van der Waals surface area contributed by atoms with E-state index in [2.05, 4.69) is 19.7 Å². The minimum absolute atomic E-state index is 0.0925. The Kier molecular flexibility index (Phi) is 6.83. The van der Waals surface area contributed by atoms with Crippen LogP contribution in [0.2, 0.25) is 0 Å². The predicted molar refractivity (Wildman–Crippen MR) is 100.0 cm³/mol. The average molecular weight is 364 g/mol. The Morgan fingerprint density at radius 2 is 1.73 bits per heavy atom. The number of aliphatic hydroxyl groups is 2. The maximum atomic E-state index is 10.3. The van der Waals surface area contributed by atoms with Gasteiger partial charge in [-0.25, -0.2) is 0 Å². The number of hydrogen-bond donors (Lipinski definition) is 3. The van der Waals surface area contributed by atoms with Crippen LogP contribution in [0.1, 0.15) is 29.7 Å². The highest BCUT2D eigenvalue weighted by molar-refractivity contribution is 5.40. The van der Waals surface area contributed by atoms with Crippen molar-refractivity contribution in [2.45, 2.75) is 39.0 Å². The van der Waals surface area contributed by atoms with E-state index in [1.54, 1.807) is 13.1 Å². The molecule has 7 heteroatoms. The van der Waals surface area contributed by atoms with Crippen molar-refractivity contribution in [1.29, 1.82) is 0 Å². The van der Waals surface area contributed by atoms with Crippen LogP contribution < -0.4 is 0 Å². The fourth-order valence-corrected chi connectivity index (χ4v) is 4.16. The van der Waals surface area contributed by atoms with Crippen molar-refractivity contribution in [1.82, 2.24) is 19.7 Å². The second kappa shape index (κ2) is 9.10. The Balaban J connectivity index is 1.51. The average Bonchev–Trinajstić information content (AvgIpc) is 2.67. The third kappa shape index (κ3) is 4.53. The molecule has 0 unspecified atom stereocenters. The van der Waals surface area contributed by atoms with Crippen molar-refractivity contribution in [2.24, 2.45) is 0 Å². The summed E-state index contributed by atoms with van der Waals surface area (Å²) in [7, 11) is 0. The van der Waals surface area contributed by atoms with Gasteiger partial charge in [0.1, 0.15) is 5.75 Å². The lowest BCUT2D eigenvalue weighted by atomic mass is 10.0. The van der Waals surface area contributed by atoms with Crippen molar-refractivity contribution in [2.75, 3.05) is 52.4 Å². The number of aliphatic hydroxyl groups excluding tert-OH is 2. The van der Waals surface area contributed by atoms with Gasteiger partial charge in [0, 0.05) is 62.6 Å². The molecule has 0 spiro atoms. The number of aryl methyl sites for hydroxylation is 1. The van der Waals surface area contributed by atoms with Crippen LogP contribution >= 0.6 is 0 Å². The number of pyridine rings is 1. The molecule has 0 aromatic carbocycles. The molecule has 0 radical (unpaired) electrons. The number of likely N-dealkylation sites (tertiary alicyclic amines) is 1. The molecule has 0 aliphatic carbocycles. The van der Waals surface area contributed by atoms with Crippen LogP contribution in [0.3, 0.4) is 0 Å². The molecular weight excluding hydrogens is 332 g/mol. The Morgan fingerprint density at radius 3 is 2.35 bits per heavy atom. The quantitative estimate of drug-likeness (QED) is 0.663. The topological polar surface area (TPSA) is 83.3 Å². The second-order valence-electron chi connectivity index (χ2n) is 7.46. The van der Waals surface area contributed by atoms with Crippen LogP contribution in [0, 0.1) is 6.92 Å². The Hall–Kier alpha value is -1.25. The van der Waals surface area contributed by atoms with Gasteiger partial charge in [0.2, 0.25) is 0 Å². The summed E-state index contributed by atoms with van der Waals surface area (Å²) in [5, 5.41) is 28.9. The number of piperazine rings is 1. The highest BCUT2D eigenvalue weighted by Crippen LogP contribution is 2.27.